The lowest BCUT2D eigenvalue weighted by Gasteiger charge is -2.35. The monoisotopic (exact) mass is 615 g/mol. The van der Waals surface area contributed by atoms with Crippen LogP contribution in [0.1, 0.15) is 30.6 Å². The Morgan fingerprint density at radius 1 is 1.09 bits per heavy atom. The molecule has 12 heteroatoms. The van der Waals surface area contributed by atoms with Gasteiger partial charge < -0.3 is 24.8 Å². The minimum absolute atomic E-state index is 0.0211. The van der Waals surface area contributed by atoms with E-state index in [2.05, 4.69) is 41.4 Å². The largest absolute Gasteiger partial charge is 0.378 e. The molecule has 0 bridgehead atoms. The van der Waals surface area contributed by atoms with Crippen LogP contribution in [0.4, 0.5) is 17.2 Å². The highest BCUT2D eigenvalue weighted by molar-refractivity contribution is 7.92. The van der Waals surface area contributed by atoms with Gasteiger partial charge in [0.1, 0.15) is 23.0 Å². The first-order chi connectivity index (χ1) is 21.3. The van der Waals surface area contributed by atoms with Crippen molar-refractivity contribution in [2.24, 2.45) is 0 Å². The molecule has 4 aromatic rings. The fourth-order valence-corrected chi connectivity index (χ4v) is 6.97. The van der Waals surface area contributed by atoms with Crippen LogP contribution < -0.4 is 19.8 Å². The predicted octanol–water partition coefficient (Wildman–Crippen LogP) is 4.24. The minimum Gasteiger partial charge on any atom is -0.378 e. The first-order valence-corrected chi connectivity index (χ1v) is 16.4. The predicted molar refractivity (Wildman–Crippen MR) is 173 cm³/mol. The maximum atomic E-state index is 13.4. The number of piperidine rings is 1. The van der Waals surface area contributed by atoms with Gasteiger partial charge in [0, 0.05) is 49.3 Å². The number of carbonyl (C=O) groups is 1. The molecular formula is C32H37N7O4S. The summed E-state index contributed by atoms with van der Waals surface area (Å²) in [5.41, 5.74) is 4.64. The van der Waals surface area contributed by atoms with Gasteiger partial charge >= 0.3 is 0 Å². The van der Waals surface area contributed by atoms with E-state index in [1.54, 1.807) is 25.4 Å². The molecule has 2 aliphatic heterocycles. The van der Waals surface area contributed by atoms with E-state index in [1.165, 1.54) is 6.08 Å². The fraction of sp³-hybridized carbons (Fsp3) is 0.344. The molecule has 0 spiro atoms. The third-order valence-electron chi connectivity index (χ3n) is 8.29. The summed E-state index contributed by atoms with van der Waals surface area (Å²) >= 11 is 0. The Balaban J connectivity index is 1.14. The van der Waals surface area contributed by atoms with Crippen molar-refractivity contribution in [2.45, 2.75) is 31.1 Å². The number of aromatic nitrogens is 3. The van der Waals surface area contributed by atoms with E-state index in [0.717, 1.165) is 66.3 Å². The van der Waals surface area contributed by atoms with Crippen molar-refractivity contribution < 1.29 is 17.9 Å². The third kappa shape index (κ3) is 6.41. The number of aromatic amines is 1. The second-order valence-corrected chi connectivity index (χ2v) is 13.2. The van der Waals surface area contributed by atoms with Crippen LogP contribution in [0.15, 0.2) is 73.6 Å². The zero-order valence-electron chi connectivity index (χ0n) is 24.7. The summed E-state index contributed by atoms with van der Waals surface area (Å²) in [5, 5.41) is 3.13. The molecule has 4 heterocycles. The molecule has 230 valence electrons. The van der Waals surface area contributed by atoms with E-state index in [9.17, 15) is 13.2 Å². The molecule has 11 nitrogen and oxygen atoms in total. The van der Waals surface area contributed by atoms with Crippen molar-refractivity contribution in [1.29, 1.82) is 0 Å². The quantitative estimate of drug-likeness (QED) is 0.238. The SMILES string of the molecule is C=CC(=O)N[C@@H]1CCCN(c2cccc([C@H](C)S(=O)(=O)Nc3ccc(-c4cc5c(N6CCOCC6)ncnc5[nH]4)cc3)c2)C1. The fourth-order valence-electron chi connectivity index (χ4n) is 5.82. The lowest BCUT2D eigenvalue weighted by Crippen LogP contribution is -2.47. The summed E-state index contributed by atoms with van der Waals surface area (Å²) < 4.78 is 35.1. The van der Waals surface area contributed by atoms with E-state index in [1.807, 2.05) is 42.5 Å². The van der Waals surface area contributed by atoms with Gasteiger partial charge in [0.15, 0.2) is 0 Å². The van der Waals surface area contributed by atoms with Crippen molar-refractivity contribution in [1.82, 2.24) is 20.3 Å². The molecule has 2 aromatic heterocycles. The van der Waals surface area contributed by atoms with Gasteiger partial charge in [-0.05, 0) is 67.3 Å². The van der Waals surface area contributed by atoms with Gasteiger partial charge in [-0.2, -0.15) is 0 Å². The smallest absolute Gasteiger partial charge is 0.243 e. The van der Waals surface area contributed by atoms with Gasteiger partial charge in [0.25, 0.3) is 0 Å². The maximum Gasteiger partial charge on any atom is 0.243 e. The van der Waals surface area contributed by atoms with E-state index in [0.29, 0.717) is 31.0 Å². The van der Waals surface area contributed by atoms with Crippen LogP contribution in [0.2, 0.25) is 0 Å². The standard InChI is InChI=1S/C32H37N7O4S/c1-3-30(40)35-26-7-5-13-39(20-26)27-8-4-6-24(18-27)22(2)44(41,42)37-25-11-9-23(10-12-25)29-19-28-31(36-29)33-21-34-32(28)38-14-16-43-17-15-38/h3-4,6,8-12,18-19,21-22,26,37H,1,5,7,13-17,20H2,2H3,(H,35,40)(H,33,34,36)/t22-,26+/m0/s1. The highest BCUT2D eigenvalue weighted by atomic mass is 32.2. The molecule has 0 saturated carbocycles. The molecule has 2 atom stereocenters. The Bertz CT molecular complexity index is 1750. The first kappa shape index (κ1) is 29.6. The topological polar surface area (TPSA) is 133 Å². The van der Waals surface area contributed by atoms with Gasteiger partial charge in [-0.15, -0.1) is 0 Å². The number of rotatable bonds is 9. The molecule has 0 radical (unpaired) electrons. The van der Waals surface area contributed by atoms with Crippen LogP contribution in [0.3, 0.4) is 0 Å². The van der Waals surface area contributed by atoms with Gasteiger partial charge in [-0.25, -0.2) is 18.4 Å². The third-order valence-corrected chi connectivity index (χ3v) is 10.0. The molecule has 2 fully saturated rings. The second kappa shape index (κ2) is 12.7. The molecule has 44 heavy (non-hydrogen) atoms. The Morgan fingerprint density at radius 3 is 2.66 bits per heavy atom. The molecule has 1 amide bonds. The van der Waals surface area contributed by atoms with E-state index < -0.39 is 15.3 Å². The second-order valence-electron chi connectivity index (χ2n) is 11.2. The number of nitrogens with one attached hydrogen (secondary N) is 3. The number of hydrogen-bond acceptors (Lipinski definition) is 8. The Kier molecular flexibility index (Phi) is 8.53. The number of hydrogen-bond donors (Lipinski definition) is 3. The van der Waals surface area contributed by atoms with Crippen LogP contribution in [0.25, 0.3) is 22.3 Å². The minimum atomic E-state index is -3.74. The van der Waals surface area contributed by atoms with Crippen molar-refractivity contribution >= 4 is 44.2 Å². The van der Waals surface area contributed by atoms with Crippen molar-refractivity contribution in [2.75, 3.05) is 53.9 Å². The summed E-state index contributed by atoms with van der Waals surface area (Å²) in [7, 11) is -3.74. The van der Waals surface area contributed by atoms with Crippen molar-refractivity contribution in [3.63, 3.8) is 0 Å². The number of fused-ring (bicyclic) bond motifs is 1. The maximum absolute atomic E-state index is 13.4. The Hall–Kier alpha value is -4.42. The summed E-state index contributed by atoms with van der Waals surface area (Å²) in [5.74, 6) is 0.695. The average Bonchev–Trinajstić information content (AvgIpc) is 3.50. The lowest BCUT2D eigenvalue weighted by molar-refractivity contribution is -0.117. The molecule has 2 aliphatic rings. The highest BCUT2D eigenvalue weighted by Gasteiger charge is 2.26. The van der Waals surface area contributed by atoms with Crippen molar-refractivity contribution in [3.05, 3.63) is 79.1 Å². The molecule has 2 saturated heterocycles. The lowest BCUT2D eigenvalue weighted by atomic mass is 10.0. The van der Waals surface area contributed by atoms with Gasteiger partial charge in [-0.3, -0.25) is 9.52 Å². The average molecular weight is 616 g/mol. The molecular weight excluding hydrogens is 578 g/mol. The Labute approximate surface area is 257 Å². The summed E-state index contributed by atoms with van der Waals surface area (Å²) in [6, 6.07) is 17.0. The number of H-pyrrole nitrogens is 1. The number of carbonyl (C=O) groups excluding carboxylic acids is 1. The number of nitrogens with zero attached hydrogens (tertiary/aromatic N) is 4. The molecule has 0 unspecified atom stereocenters. The number of amides is 1. The number of morpholine rings is 1. The number of anilines is 3. The van der Waals surface area contributed by atoms with Crippen LogP contribution in [-0.4, -0.2) is 74.7 Å². The summed E-state index contributed by atoms with van der Waals surface area (Å²) in [4.78, 5) is 28.5. The molecule has 0 aliphatic carbocycles. The number of ether oxygens (including phenoxy) is 1. The zero-order chi connectivity index (χ0) is 30.7. The zero-order valence-corrected chi connectivity index (χ0v) is 25.5. The van der Waals surface area contributed by atoms with Crippen LogP contribution >= 0.6 is 0 Å². The first-order valence-electron chi connectivity index (χ1n) is 14.9. The molecule has 2 aromatic carbocycles. The summed E-state index contributed by atoms with van der Waals surface area (Å²) in [6.07, 6.45) is 4.67. The normalized spacial score (nSPS) is 18.2. The molecule has 6 rings (SSSR count). The number of benzene rings is 2. The highest BCUT2D eigenvalue weighted by Crippen LogP contribution is 2.32. The molecule has 3 N–H and O–H groups in total. The van der Waals surface area contributed by atoms with Crippen molar-refractivity contribution in [3.8, 4) is 11.3 Å². The van der Waals surface area contributed by atoms with Gasteiger partial charge in [-0.1, -0.05) is 30.8 Å². The van der Waals surface area contributed by atoms with Gasteiger partial charge in [0.05, 0.1) is 18.6 Å². The Morgan fingerprint density at radius 2 is 1.89 bits per heavy atom. The summed E-state index contributed by atoms with van der Waals surface area (Å²) in [6.45, 7) is 9.61. The van der Waals surface area contributed by atoms with Crippen LogP contribution in [0.5, 0.6) is 0 Å². The van der Waals surface area contributed by atoms with Gasteiger partial charge in [0.2, 0.25) is 15.9 Å². The number of sulfonamides is 1. The van der Waals surface area contributed by atoms with E-state index in [-0.39, 0.29) is 11.9 Å². The van der Waals surface area contributed by atoms with E-state index >= 15 is 0 Å². The van der Waals surface area contributed by atoms with Crippen LogP contribution in [-0.2, 0) is 19.6 Å². The van der Waals surface area contributed by atoms with E-state index in [4.69, 9.17) is 4.74 Å². The van der Waals surface area contributed by atoms with Crippen LogP contribution in [0, 0.1) is 0 Å².